The minimum Gasteiger partial charge on any atom is -0.388 e. The number of amidine groups is 1. The molecule has 0 fully saturated rings. The Morgan fingerprint density at radius 1 is 1.35 bits per heavy atom. The van der Waals surface area contributed by atoms with Crippen molar-refractivity contribution in [3.8, 4) is 10.6 Å². The Balaban J connectivity index is 1.54. The van der Waals surface area contributed by atoms with E-state index in [0.717, 1.165) is 21.8 Å². The molecule has 1 aromatic carbocycles. The van der Waals surface area contributed by atoms with Gasteiger partial charge in [-0.05, 0) is 5.56 Å². The van der Waals surface area contributed by atoms with Gasteiger partial charge in [0, 0.05) is 30.6 Å². The lowest BCUT2D eigenvalue weighted by Gasteiger charge is -2.01. The van der Waals surface area contributed by atoms with Crippen LogP contribution >= 0.6 is 11.3 Å². The monoisotopic (exact) mass is 327 g/mol. The smallest absolute Gasteiger partial charge is 0.160 e. The average Bonchev–Trinajstić information content (AvgIpc) is 3.17. The van der Waals surface area contributed by atoms with Crippen LogP contribution in [0.25, 0.3) is 10.6 Å². The third-order valence-electron chi connectivity index (χ3n) is 3.13. The SMILES string of the molecule is Cn1cc(-c2nc(CO/N=C(\N)Cc3ccccc3)cs2)cn1. The molecule has 0 saturated heterocycles. The molecular formula is C16H17N5OS. The number of nitrogens with two attached hydrogens (primary N) is 1. The molecule has 0 aliphatic carbocycles. The molecule has 3 rings (SSSR count). The topological polar surface area (TPSA) is 78.3 Å². The molecule has 7 heteroatoms. The molecule has 23 heavy (non-hydrogen) atoms. The van der Waals surface area contributed by atoms with E-state index in [9.17, 15) is 0 Å². The molecule has 118 valence electrons. The van der Waals surface area contributed by atoms with Gasteiger partial charge in [0.05, 0.1) is 11.9 Å². The molecule has 0 atom stereocenters. The number of benzene rings is 1. The van der Waals surface area contributed by atoms with E-state index in [1.807, 2.05) is 49.0 Å². The van der Waals surface area contributed by atoms with E-state index in [0.29, 0.717) is 18.9 Å². The van der Waals surface area contributed by atoms with Gasteiger partial charge in [-0.3, -0.25) is 4.68 Å². The number of oxime groups is 1. The number of rotatable bonds is 6. The summed E-state index contributed by atoms with van der Waals surface area (Å²) in [4.78, 5) is 9.80. The van der Waals surface area contributed by atoms with Crippen LogP contribution in [0.1, 0.15) is 11.3 Å². The highest BCUT2D eigenvalue weighted by molar-refractivity contribution is 7.13. The molecule has 6 nitrogen and oxygen atoms in total. The maximum atomic E-state index is 5.87. The van der Waals surface area contributed by atoms with Crippen LogP contribution in [0, 0.1) is 0 Å². The summed E-state index contributed by atoms with van der Waals surface area (Å²) in [5.74, 6) is 0.443. The Hall–Kier alpha value is -2.67. The average molecular weight is 327 g/mol. The first-order chi connectivity index (χ1) is 11.2. The molecular weight excluding hydrogens is 310 g/mol. The van der Waals surface area contributed by atoms with Crippen molar-refractivity contribution in [3.05, 3.63) is 59.4 Å². The largest absolute Gasteiger partial charge is 0.388 e. The summed E-state index contributed by atoms with van der Waals surface area (Å²) >= 11 is 1.55. The van der Waals surface area contributed by atoms with Crippen LogP contribution in [0.2, 0.25) is 0 Å². The normalized spacial score (nSPS) is 11.6. The van der Waals surface area contributed by atoms with Gasteiger partial charge in [-0.2, -0.15) is 5.10 Å². The Kier molecular flexibility index (Phi) is 4.68. The highest BCUT2D eigenvalue weighted by Crippen LogP contribution is 2.23. The predicted molar refractivity (Wildman–Crippen MR) is 90.9 cm³/mol. The lowest BCUT2D eigenvalue weighted by Crippen LogP contribution is -2.15. The van der Waals surface area contributed by atoms with Crippen LogP contribution in [0.4, 0.5) is 0 Å². The van der Waals surface area contributed by atoms with Crippen molar-refractivity contribution in [2.75, 3.05) is 0 Å². The second kappa shape index (κ2) is 7.06. The summed E-state index contributed by atoms with van der Waals surface area (Å²) in [5.41, 5.74) is 8.79. The van der Waals surface area contributed by atoms with Gasteiger partial charge in [0.1, 0.15) is 10.8 Å². The molecule has 2 aromatic heterocycles. The first kappa shape index (κ1) is 15.2. The molecule has 0 aliphatic heterocycles. The van der Waals surface area contributed by atoms with E-state index in [-0.39, 0.29) is 0 Å². The molecule has 2 heterocycles. The highest BCUT2D eigenvalue weighted by atomic mass is 32.1. The van der Waals surface area contributed by atoms with Gasteiger partial charge in [-0.1, -0.05) is 35.5 Å². The van der Waals surface area contributed by atoms with Gasteiger partial charge in [-0.25, -0.2) is 4.98 Å². The zero-order valence-electron chi connectivity index (χ0n) is 12.7. The molecule has 0 spiro atoms. The van der Waals surface area contributed by atoms with Gasteiger partial charge in [0.15, 0.2) is 6.61 Å². The Bertz CT molecular complexity index is 794. The summed E-state index contributed by atoms with van der Waals surface area (Å²) in [6, 6.07) is 9.92. The van der Waals surface area contributed by atoms with Crippen molar-refractivity contribution in [1.82, 2.24) is 14.8 Å². The summed E-state index contributed by atoms with van der Waals surface area (Å²) in [7, 11) is 1.88. The fraction of sp³-hybridized carbons (Fsp3) is 0.188. The molecule has 0 bridgehead atoms. The van der Waals surface area contributed by atoms with E-state index >= 15 is 0 Å². The lowest BCUT2D eigenvalue weighted by molar-refractivity contribution is 0.127. The summed E-state index contributed by atoms with van der Waals surface area (Å²) in [6.45, 7) is 0.298. The standard InChI is InChI=1S/C16H17N5OS/c1-21-9-13(8-18-21)16-19-14(11-23-16)10-22-20-15(17)7-12-5-3-2-4-6-12/h2-6,8-9,11H,7,10H2,1H3,(H2,17,20). The Morgan fingerprint density at radius 2 is 2.17 bits per heavy atom. The number of hydrogen-bond donors (Lipinski definition) is 1. The summed E-state index contributed by atoms with van der Waals surface area (Å²) in [5, 5.41) is 10.9. The molecule has 0 radical (unpaired) electrons. The van der Waals surface area contributed by atoms with Crippen LogP contribution < -0.4 is 5.73 Å². The lowest BCUT2D eigenvalue weighted by atomic mass is 10.1. The van der Waals surface area contributed by atoms with Crippen LogP contribution in [-0.4, -0.2) is 20.6 Å². The molecule has 2 N–H and O–H groups in total. The van der Waals surface area contributed by atoms with Crippen molar-refractivity contribution in [2.24, 2.45) is 17.9 Å². The second-order valence-electron chi connectivity index (χ2n) is 5.07. The van der Waals surface area contributed by atoms with Crippen LogP contribution in [0.15, 0.2) is 53.3 Å². The molecule has 0 aliphatic rings. The molecule has 0 saturated carbocycles. The first-order valence-corrected chi connectivity index (χ1v) is 8.00. The number of aryl methyl sites for hydroxylation is 1. The van der Waals surface area contributed by atoms with Crippen LogP contribution in [0.5, 0.6) is 0 Å². The van der Waals surface area contributed by atoms with E-state index in [2.05, 4.69) is 15.2 Å². The fourth-order valence-corrected chi connectivity index (χ4v) is 2.84. The third kappa shape index (κ3) is 4.17. The Morgan fingerprint density at radius 3 is 2.91 bits per heavy atom. The van der Waals surface area contributed by atoms with E-state index in [1.165, 1.54) is 0 Å². The number of thiazole rings is 1. The van der Waals surface area contributed by atoms with E-state index < -0.39 is 0 Å². The van der Waals surface area contributed by atoms with Crippen LogP contribution in [-0.2, 0) is 24.9 Å². The number of aromatic nitrogens is 3. The highest BCUT2D eigenvalue weighted by Gasteiger charge is 2.07. The third-order valence-corrected chi connectivity index (χ3v) is 4.07. The predicted octanol–water partition coefficient (Wildman–Crippen LogP) is 2.58. The van der Waals surface area contributed by atoms with Crippen molar-refractivity contribution in [1.29, 1.82) is 0 Å². The van der Waals surface area contributed by atoms with Crippen molar-refractivity contribution < 1.29 is 4.84 Å². The quantitative estimate of drug-likeness (QED) is 0.429. The summed E-state index contributed by atoms with van der Waals surface area (Å²) in [6.07, 6.45) is 4.29. The molecule has 0 amide bonds. The van der Waals surface area contributed by atoms with Crippen molar-refractivity contribution in [2.45, 2.75) is 13.0 Å². The second-order valence-corrected chi connectivity index (χ2v) is 5.92. The van der Waals surface area contributed by atoms with Gasteiger partial charge < -0.3 is 10.6 Å². The zero-order chi connectivity index (χ0) is 16.1. The zero-order valence-corrected chi connectivity index (χ0v) is 13.5. The van der Waals surface area contributed by atoms with Crippen molar-refractivity contribution >= 4 is 17.2 Å². The maximum Gasteiger partial charge on any atom is 0.160 e. The fourth-order valence-electron chi connectivity index (χ4n) is 2.06. The van der Waals surface area contributed by atoms with Crippen molar-refractivity contribution in [3.63, 3.8) is 0 Å². The van der Waals surface area contributed by atoms with Gasteiger partial charge in [-0.15, -0.1) is 11.3 Å². The number of nitrogens with zero attached hydrogens (tertiary/aromatic N) is 4. The summed E-state index contributed by atoms with van der Waals surface area (Å²) < 4.78 is 1.75. The van der Waals surface area contributed by atoms with E-state index in [4.69, 9.17) is 10.6 Å². The van der Waals surface area contributed by atoms with E-state index in [1.54, 1.807) is 22.2 Å². The van der Waals surface area contributed by atoms with Gasteiger partial charge in [0.2, 0.25) is 0 Å². The number of hydrogen-bond acceptors (Lipinski definition) is 5. The minimum absolute atomic E-state index is 0.298. The Labute approximate surface area is 138 Å². The van der Waals surface area contributed by atoms with Crippen LogP contribution in [0.3, 0.4) is 0 Å². The minimum atomic E-state index is 0.298. The van der Waals surface area contributed by atoms with Gasteiger partial charge >= 0.3 is 0 Å². The first-order valence-electron chi connectivity index (χ1n) is 7.12. The molecule has 0 unspecified atom stereocenters. The van der Waals surface area contributed by atoms with Gasteiger partial charge in [0.25, 0.3) is 0 Å². The molecule has 3 aromatic rings. The maximum absolute atomic E-state index is 5.87.